The standard InChI is InChI=1S/C14H19Cl2NO2/c1-10(15)5-4-8-17-14(18)11(2)19-13-7-3-6-12(16)9-13/h3,6-7,9-11H,4-5,8H2,1-2H3,(H,17,18). The molecule has 0 saturated heterocycles. The molecule has 106 valence electrons. The Morgan fingerprint density at radius 3 is 2.79 bits per heavy atom. The summed E-state index contributed by atoms with van der Waals surface area (Å²) in [6.45, 7) is 4.26. The third kappa shape index (κ3) is 6.69. The molecule has 3 nitrogen and oxygen atoms in total. The maximum absolute atomic E-state index is 11.8. The summed E-state index contributed by atoms with van der Waals surface area (Å²) in [5.74, 6) is 0.451. The summed E-state index contributed by atoms with van der Waals surface area (Å²) in [7, 11) is 0. The number of ether oxygens (including phenoxy) is 1. The average molecular weight is 304 g/mol. The highest BCUT2D eigenvalue weighted by Gasteiger charge is 2.14. The second-order valence-corrected chi connectivity index (χ2v) is 5.61. The third-order valence-electron chi connectivity index (χ3n) is 2.56. The lowest BCUT2D eigenvalue weighted by Gasteiger charge is -2.15. The first-order valence-electron chi connectivity index (χ1n) is 6.33. The van der Waals surface area contributed by atoms with Gasteiger partial charge in [0.2, 0.25) is 0 Å². The van der Waals surface area contributed by atoms with Gasteiger partial charge < -0.3 is 10.1 Å². The summed E-state index contributed by atoms with van der Waals surface area (Å²) in [5.41, 5.74) is 0. The number of amides is 1. The number of carbonyl (C=O) groups is 1. The van der Waals surface area contributed by atoms with Crippen LogP contribution >= 0.6 is 23.2 Å². The molecule has 1 aromatic carbocycles. The Morgan fingerprint density at radius 1 is 1.42 bits per heavy atom. The van der Waals surface area contributed by atoms with Gasteiger partial charge in [0.05, 0.1) is 0 Å². The van der Waals surface area contributed by atoms with Crippen molar-refractivity contribution in [3.8, 4) is 5.75 Å². The van der Waals surface area contributed by atoms with Crippen molar-refractivity contribution in [3.63, 3.8) is 0 Å². The number of alkyl halides is 1. The van der Waals surface area contributed by atoms with Crippen LogP contribution in [0.4, 0.5) is 0 Å². The van der Waals surface area contributed by atoms with E-state index in [9.17, 15) is 4.79 Å². The molecule has 1 N–H and O–H groups in total. The Bertz CT molecular complexity index is 410. The largest absolute Gasteiger partial charge is 0.481 e. The number of carbonyl (C=O) groups excluding carboxylic acids is 1. The van der Waals surface area contributed by atoms with E-state index in [0.29, 0.717) is 17.3 Å². The molecule has 1 aromatic rings. The lowest BCUT2D eigenvalue weighted by Crippen LogP contribution is -2.36. The molecule has 0 aliphatic rings. The van der Waals surface area contributed by atoms with E-state index in [2.05, 4.69) is 5.32 Å². The van der Waals surface area contributed by atoms with Gasteiger partial charge in [0.1, 0.15) is 5.75 Å². The van der Waals surface area contributed by atoms with Crippen molar-refractivity contribution in [1.82, 2.24) is 5.32 Å². The fourth-order valence-electron chi connectivity index (χ4n) is 1.54. The summed E-state index contributed by atoms with van der Waals surface area (Å²) in [5, 5.41) is 3.54. The van der Waals surface area contributed by atoms with Crippen LogP contribution in [-0.4, -0.2) is 23.9 Å². The Kier molecular flexibility index (Phi) is 7.03. The molecule has 2 atom stereocenters. The monoisotopic (exact) mass is 303 g/mol. The highest BCUT2D eigenvalue weighted by atomic mass is 35.5. The minimum Gasteiger partial charge on any atom is -0.481 e. The van der Waals surface area contributed by atoms with Crippen LogP contribution in [0.2, 0.25) is 5.02 Å². The van der Waals surface area contributed by atoms with E-state index < -0.39 is 6.10 Å². The number of nitrogens with one attached hydrogen (secondary N) is 1. The van der Waals surface area contributed by atoms with Crippen LogP contribution in [0.15, 0.2) is 24.3 Å². The fourth-order valence-corrected chi connectivity index (χ4v) is 1.87. The normalized spacial score (nSPS) is 13.7. The zero-order valence-corrected chi connectivity index (χ0v) is 12.7. The van der Waals surface area contributed by atoms with E-state index in [1.165, 1.54) is 0 Å². The molecule has 0 radical (unpaired) electrons. The Morgan fingerprint density at radius 2 is 2.16 bits per heavy atom. The van der Waals surface area contributed by atoms with Crippen molar-refractivity contribution in [2.24, 2.45) is 0 Å². The van der Waals surface area contributed by atoms with Crippen LogP contribution in [-0.2, 0) is 4.79 Å². The van der Waals surface area contributed by atoms with Crippen molar-refractivity contribution in [1.29, 1.82) is 0 Å². The van der Waals surface area contributed by atoms with Crippen LogP contribution in [0.1, 0.15) is 26.7 Å². The van der Waals surface area contributed by atoms with E-state index in [-0.39, 0.29) is 11.3 Å². The molecule has 0 aliphatic heterocycles. The molecule has 5 heteroatoms. The van der Waals surface area contributed by atoms with Gasteiger partial charge in [0.15, 0.2) is 6.10 Å². The quantitative estimate of drug-likeness (QED) is 0.617. The smallest absolute Gasteiger partial charge is 0.260 e. The van der Waals surface area contributed by atoms with Gasteiger partial charge >= 0.3 is 0 Å². The first-order valence-corrected chi connectivity index (χ1v) is 7.14. The molecule has 19 heavy (non-hydrogen) atoms. The summed E-state index contributed by atoms with van der Waals surface area (Å²) >= 11 is 11.7. The van der Waals surface area contributed by atoms with Crippen molar-refractivity contribution in [2.45, 2.75) is 38.2 Å². The fraction of sp³-hybridized carbons (Fsp3) is 0.500. The van der Waals surface area contributed by atoms with Gasteiger partial charge in [0, 0.05) is 16.9 Å². The van der Waals surface area contributed by atoms with Gasteiger partial charge in [-0.15, -0.1) is 11.6 Å². The summed E-state index contributed by atoms with van der Waals surface area (Å²) < 4.78 is 5.51. The van der Waals surface area contributed by atoms with Gasteiger partial charge in [0.25, 0.3) is 5.91 Å². The minimum absolute atomic E-state index is 0.136. The molecule has 0 saturated carbocycles. The number of halogens is 2. The molecular weight excluding hydrogens is 285 g/mol. The molecule has 0 fully saturated rings. The third-order valence-corrected chi connectivity index (χ3v) is 3.01. The van der Waals surface area contributed by atoms with E-state index >= 15 is 0 Å². The van der Waals surface area contributed by atoms with Crippen molar-refractivity contribution in [3.05, 3.63) is 29.3 Å². The lowest BCUT2D eigenvalue weighted by molar-refractivity contribution is -0.127. The van der Waals surface area contributed by atoms with Crippen molar-refractivity contribution in [2.75, 3.05) is 6.54 Å². The molecule has 1 rings (SSSR count). The predicted octanol–water partition coefficient (Wildman–Crippen LogP) is 3.63. The van der Waals surface area contributed by atoms with Crippen LogP contribution < -0.4 is 10.1 Å². The highest BCUT2D eigenvalue weighted by Crippen LogP contribution is 2.18. The summed E-state index contributed by atoms with van der Waals surface area (Å²) in [6.07, 6.45) is 1.19. The Labute approximate surface area is 124 Å². The van der Waals surface area contributed by atoms with Crippen LogP contribution in [0.5, 0.6) is 5.75 Å². The van der Waals surface area contributed by atoms with Gasteiger partial charge in [-0.25, -0.2) is 0 Å². The number of benzene rings is 1. The molecule has 0 bridgehead atoms. The zero-order valence-electron chi connectivity index (χ0n) is 11.2. The minimum atomic E-state index is -0.549. The maximum atomic E-state index is 11.8. The van der Waals surface area contributed by atoms with E-state index in [0.717, 1.165) is 12.8 Å². The summed E-state index contributed by atoms with van der Waals surface area (Å²) in [4.78, 5) is 11.8. The number of rotatable bonds is 7. The SMILES string of the molecule is CC(Cl)CCCNC(=O)C(C)Oc1cccc(Cl)c1. The van der Waals surface area contributed by atoms with Crippen molar-refractivity contribution < 1.29 is 9.53 Å². The Balaban J connectivity index is 2.32. The van der Waals surface area contributed by atoms with Gasteiger partial charge in [-0.3, -0.25) is 4.79 Å². The molecule has 1 amide bonds. The van der Waals surface area contributed by atoms with Gasteiger partial charge in [-0.1, -0.05) is 17.7 Å². The molecule has 0 spiro atoms. The first kappa shape index (κ1) is 16.1. The summed E-state index contributed by atoms with van der Waals surface area (Å²) in [6, 6.07) is 6.99. The van der Waals surface area contributed by atoms with Crippen molar-refractivity contribution >= 4 is 29.1 Å². The zero-order chi connectivity index (χ0) is 14.3. The van der Waals surface area contributed by atoms with E-state index in [1.54, 1.807) is 31.2 Å². The van der Waals surface area contributed by atoms with Crippen LogP contribution in [0, 0.1) is 0 Å². The maximum Gasteiger partial charge on any atom is 0.260 e. The topological polar surface area (TPSA) is 38.3 Å². The van der Waals surface area contributed by atoms with Crippen LogP contribution in [0.3, 0.4) is 0 Å². The lowest BCUT2D eigenvalue weighted by atomic mass is 10.2. The van der Waals surface area contributed by atoms with E-state index in [4.69, 9.17) is 27.9 Å². The molecule has 0 aliphatic carbocycles. The average Bonchev–Trinajstić information content (AvgIpc) is 2.34. The second kappa shape index (κ2) is 8.28. The van der Waals surface area contributed by atoms with Crippen LogP contribution in [0.25, 0.3) is 0 Å². The van der Waals surface area contributed by atoms with Gasteiger partial charge in [-0.2, -0.15) is 0 Å². The molecule has 2 unspecified atom stereocenters. The Hall–Kier alpha value is -0.930. The number of hydrogen-bond donors (Lipinski definition) is 1. The molecule has 0 aromatic heterocycles. The molecular formula is C14H19Cl2NO2. The predicted molar refractivity (Wildman–Crippen MR) is 79.1 cm³/mol. The second-order valence-electron chi connectivity index (χ2n) is 4.43. The highest BCUT2D eigenvalue weighted by molar-refractivity contribution is 6.30. The van der Waals surface area contributed by atoms with Gasteiger partial charge in [-0.05, 0) is 44.9 Å². The first-order chi connectivity index (χ1) is 8.99. The molecule has 0 heterocycles. The van der Waals surface area contributed by atoms with E-state index in [1.807, 2.05) is 6.92 Å². The number of hydrogen-bond acceptors (Lipinski definition) is 2.